The third-order valence-corrected chi connectivity index (χ3v) is 6.38. The molecule has 1 heterocycles. The van der Waals surface area contributed by atoms with Crippen LogP contribution in [-0.2, 0) is 10.0 Å². The summed E-state index contributed by atoms with van der Waals surface area (Å²) in [6.45, 7) is 1.73. The van der Waals surface area contributed by atoms with E-state index in [-0.39, 0.29) is 4.90 Å². The number of amides is 1. The lowest BCUT2D eigenvalue weighted by Gasteiger charge is -2.21. The minimum absolute atomic E-state index is 0.104. The Labute approximate surface area is 158 Å². The van der Waals surface area contributed by atoms with Gasteiger partial charge in [-0.3, -0.25) is 4.79 Å². The number of nitrogens with zero attached hydrogens (tertiary/aromatic N) is 2. The average molecular weight is 391 g/mol. The average Bonchev–Trinajstić information content (AvgIpc) is 3.16. The maximum atomic E-state index is 13.7. The number of rotatable bonds is 5. The van der Waals surface area contributed by atoms with Crippen LogP contribution in [0.5, 0.6) is 0 Å². The molecule has 3 rings (SSSR count). The summed E-state index contributed by atoms with van der Waals surface area (Å²) in [7, 11) is -0.668. The Kier molecular flexibility index (Phi) is 5.48. The summed E-state index contributed by atoms with van der Waals surface area (Å²) in [5, 5.41) is 2.75. The van der Waals surface area contributed by atoms with Gasteiger partial charge in [0.25, 0.3) is 5.91 Å². The summed E-state index contributed by atoms with van der Waals surface area (Å²) in [5.41, 5.74) is 1.49. The minimum atomic E-state index is -3.56. The molecule has 1 amide bonds. The molecule has 6 nitrogen and oxygen atoms in total. The monoisotopic (exact) mass is 391 g/mol. The Morgan fingerprint density at radius 2 is 1.70 bits per heavy atom. The summed E-state index contributed by atoms with van der Waals surface area (Å²) in [5.74, 6) is -0.851. The van der Waals surface area contributed by atoms with Crippen molar-refractivity contribution in [2.24, 2.45) is 0 Å². The fourth-order valence-electron chi connectivity index (χ4n) is 3.03. The Morgan fingerprint density at radius 3 is 2.30 bits per heavy atom. The van der Waals surface area contributed by atoms with Crippen molar-refractivity contribution in [1.82, 2.24) is 4.31 Å². The van der Waals surface area contributed by atoms with Crippen molar-refractivity contribution in [3.8, 4) is 0 Å². The molecular weight excluding hydrogens is 369 g/mol. The van der Waals surface area contributed by atoms with Gasteiger partial charge in [0, 0.05) is 32.7 Å². The highest BCUT2D eigenvalue weighted by Crippen LogP contribution is 2.30. The summed E-state index contributed by atoms with van der Waals surface area (Å²) in [4.78, 5) is 14.8. The highest BCUT2D eigenvalue weighted by atomic mass is 32.2. The Hall–Kier alpha value is -2.45. The van der Waals surface area contributed by atoms with Crippen LogP contribution in [0, 0.1) is 5.82 Å². The maximum Gasteiger partial charge on any atom is 0.255 e. The van der Waals surface area contributed by atoms with Crippen LogP contribution < -0.4 is 10.2 Å². The van der Waals surface area contributed by atoms with Crippen molar-refractivity contribution < 1.29 is 17.6 Å². The van der Waals surface area contributed by atoms with Gasteiger partial charge in [-0.2, -0.15) is 0 Å². The molecule has 0 aromatic heterocycles. The molecule has 27 heavy (non-hydrogen) atoms. The van der Waals surface area contributed by atoms with Crippen LogP contribution in [0.3, 0.4) is 0 Å². The summed E-state index contributed by atoms with van der Waals surface area (Å²) in [6.07, 6.45) is 2.12. The first-order chi connectivity index (χ1) is 12.8. The van der Waals surface area contributed by atoms with Crippen molar-refractivity contribution in [1.29, 1.82) is 0 Å². The topological polar surface area (TPSA) is 69.7 Å². The SMILES string of the molecule is CN(C)S(=O)(=O)c1ccc(C(=O)Nc2cc(F)ccc2N2CCCC2)cc1. The molecule has 0 bridgehead atoms. The van der Waals surface area contributed by atoms with Gasteiger partial charge in [0.15, 0.2) is 0 Å². The van der Waals surface area contributed by atoms with Gasteiger partial charge in [-0.25, -0.2) is 17.1 Å². The van der Waals surface area contributed by atoms with Gasteiger partial charge >= 0.3 is 0 Å². The van der Waals surface area contributed by atoms with Gasteiger partial charge in [-0.05, 0) is 55.3 Å². The van der Waals surface area contributed by atoms with E-state index in [2.05, 4.69) is 10.2 Å². The molecule has 1 N–H and O–H groups in total. The summed E-state index contributed by atoms with van der Waals surface area (Å²) >= 11 is 0. The second-order valence-corrected chi connectivity index (χ2v) is 8.77. The molecule has 0 aliphatic carbocycles. The van der Waals surface area contributed by atoms with Gasteiger partial charge < -0.3 is 10.2 Å². The highest BCUT2D eigenvalue weighted by molar-refractivity contribution is 7.89. The molecule has 1 aliphatic heterocycles. The molecule has 1 saturated heterocycles. The molecule has 0 spiro atoms. The second kappa shape index (κ2) is 7.66. The predicted octanol–water partition coefficient (Wildman–Crippen LogP) is 2.93. The van der Waals surface area contributed by atoms with E-state index in [1.807, 2.05) is 0 Å². The van der Waals surface area contributed by atoms with Crippen molar-refractivity contribution in [2.45, 2.75) is 17.7 Å². The van der Waals surface area contributed by atoms with Crippen molar-refractivity contribution in [3.05, 3.63) is 53.8 Å². The van der Waals surface area contributed by atoms with Gasteiger partial charge in [0.05, 0.1) is 16.3 Å². The van der Waals surface area contributed by atoms with Crippen molar-refractivity contribution in [3.63, 3.8) is 0 Å². The lowest BCUT2D eigenvalue weighted by atomic mass is 10.2. The van der Waals surface area contributed by atoms with Crippen molar-refractivity contribution in [2.75, 3.05) is 37.4 Å². The fraction of sp³-hybridized carbons (Fsp3) is 0.316. The number of carbonyl (C=O) groups is 1. The van der Waals surface area contributed by atoms with E-state index >= 15 is 0 Å². The first-order valence-electron chi connectivity index (χ1n) is 8.67. The smallest absolute Gasteiger partial charge is 0.255 e. The number of nitrogens with one attached hydrogen (secondary N) is 1. The van der Waals surface area contributed by atoms with Gasteiger partial charge in [0.2, 0.25) is 10.0 Å². The molecule has 1 aliphatic rings. The number of hydrogen-bond acceptors (Lipinski definition) is 4. The van der Waals surface area contributed by atoms with Crippen LogP contribution in [0.25, 0.3) is 0 Å². The van der Waals surface area contributed by atoms with Gasteiger partial charge in [-0.15, -0.1) is 0 Å². The zero-order chi connectivity index (χ0) is 19.6. The third-order valence-electron chi connectivity index (χ3n) is 4.55. The molecule has 0 unspecified atom stereocenters. The zero-order valence-electron chi connectivity index (χ0n) is 15.3. The maximum absolute atomic E-state index is 13.7. The predicted molar refractivity (Wildman–Crippen MR) is 103 cm³/mol. The first-order valence-corrected chi connectivity index (χ1v) is 10.1. The highest BCUT2D eigenvalue weighted by Gasteiger charge is 2.20. The lowest BCUT2D eigenvalue weighted by molar-refractivity contribution is 0.102. The number of anilines is 2. The number of benzene rings is 2. The number of halogens is 1. The molecule has 0 saturated carbocycles. The molecule has 1 fully saturated rings. The molecule has 0 atom stereocenters. The van der Waals surface area contributed by atoms with E-state index in [9.17, 15) is 17.6 Å². The number of carbonyl (C=O) groups excluding carboxylic acids is 1. The molecule has 2 aromatic rings. The van der Waals surface area contributed by atoms with E-state index in [0.29, 0.717) is 11.3 Å². The molecule has 144 valence electrons. The molecule has 0 radical (unpaired) electrons. The van der Waals surface area contributed by atoms with Gasteiger partial charge in [0.1, 0.15) is 5.82 Å². The van der Waals surface area contributed by atoms with Crippen LogP contribution in [0.2, 0.25) is 0 Å². The summed E-state index contributed by atoms with van der Waals surface area (Å²) in [6, 6.07) is 10.0. The Balaban J connectivity index is 1.83. The molecule has 8 heteroatoms. The third kappa shape index (κ3) is 4.12. The van der Waals surface area contributed by atoms with E-state index in [4.69, 9.17) is 0 Å². The van der Waals surface area contributed by atoms with Crippen LogP contribution in [0.15, 0.2) is 47.4 Å². The zero-order valence-corrected chi connectivity index (χ0v) is 16.1. The standard InChI is InChI=1S/C19H22FN3O3S/c1-22(2)27(25,26)16-8-5-14(6-9-16)19(24)21-17-13-15(20)7-10-18(17)23-11-3-4-12-23/h5-10,13H,3-4,11-12H2,1-2H3,(H,21,24). The second-order valence-electron chi connectivity index (χ2n) is 6.62. The Bertz CT molecular complexity index is 937. The minimum Gasteiger partial charge on any atom is -0.370 e. The van der Waals surface area contributed by atoms with E-state index < -0.39 is 21.7 Å². The van der Waals surface area contributed by atoms with Crippen LogP contribution in [0.4, 0.5) is 15.8 Å². The number of hydrogen-bond donors (Lipinski definition) is 1. The molecule has 2 aromatic carbocycles. The quantitative estimate of drug-likeness (QED) is 0.851. The fourth-order valence-corrected chi connectivity index (χ4v) is 3.93. The normalized spacial score (nSPS) is 14.6. The summed E-state index contributed by atoms with van der Waals surface area (Å²) < 4.78 is 39.0. The van der Waals surface area contributed by atoms with Crippen LogP contribution in [-0.4, -0.2) is 45.8 Å². The van der Waals surface area contributed by atoms with E-state index in [1.54, 1.807) is 6.07 Å². The van der Waals surface area contributed by atoms with Crippen LogP contribution in [0.1, 0.15) is 23.2 Å². The first kappa shape index (κ1) is 19.3. The molecular formula is C19H22FN3O3S. The van der Waals surface area contributed by atoms with Crippen LogP contribution >= 0.6 is 0 Å². The lowest BCUT2D eigenvalue weighted by Crippen LogP contribution is -2.22. The van der Waals surface area contributed by atoms with Crippen molar-refractivity contribution >= 4 is 27.3 Å². The van der Waals surface area contributed by atoms with E-state index in [0.717, 1.165) is 35.9 Å². The van der Waals surface area contributed by atoms with E-state index in [1.165, 1.54) is 50.5 Å². The Morgan fingerprint density at radius 1 is 1.07 bits per heavy atom. The van der Waals surface area contributed by atoms with Gasteiger partial charge in [-0.1, -0.05) is 0 Å². The largest absolute Gasteiger partial charge is 0.370 e. The number of sulfonamides is 1.